The van der Waals surface area contributed by atoms with Crippen LogP contribution in [0.1, 0.15) is 22.6 Å². The van der Waals surface area contributed by atoms with Crippen LogP contribution < -0.4 is 5.32 Å². The van der Waals surface area contributed by atoms with E-state index < -0.39 is 0 Å². The van der Waals surface area contributed by atoms with Gasteiger partial charge < -0.3 is 5.32 Å². The first-order valence-electron chi connectivity index (χ1n) is 6.85. The first-order valence-corrected chi connectivity index (χ1v) is 8.21. The van der Waals surface area contributed by atoms with Gasteiger partial charge in [-0.2, -0.15) is 5.26 Å². The Morgan fingerprint density at radius 3 is 2.74 bits per heavy atom. The summed E-state index contributed by atoms with van der Waals surface area (Å²) in [5, 5.41) is 13.1. The lowest BCUT2D eigenvalue weighted by atomic mass is 10.2. The molecule has 23 heavy (non-hydrogen) atoms. The average Bonchev–Trinajstić information content (AvgIpc) is 2.48. The van der Waals surface area contributed by atoms with E-state index in [2.05, 4.69) is 21.4 Å². The minimum atomic E-state index is -0.187. The van der Waals surface area contributed by atoms with Gasteiger partial charge in [-0.1, -0.05) is 29.4 Å². The summed E-state index contributed by atoms with van der Waals surface area (Å²) in [7, 11) is 0. The Hall–Kier alpha value is -2.10. The SMILES string of the molecule is Cc1nc(C)c(C#N)c(SCC(=O)Nc2ccc(C)c(Cl)c2)n1. The van der Waals surface area contributed by atoms with E-state index in [1.54, 1.807) is 26.0 Å². The van der Waals surface area contributed by atoms with Crippen LogP contribution in [0.15, 0.2) is 23.2 Å². The van der Waals surface area contributed by atoms with Crippen molar-refractivity contribution >= 4 is 35.0 Å². The van der Waals surface area contributed by atoms with E-state index >= 15 is 0 Å². The first kappa shape index (κ1) is 17.3. The van der Waals surface area contributed by atoms with Crippen LogP contribution in [0.3, 0.4) is 0 Å². The molecule has 0 aliphatic rings. The van der Waals surface area contributed by atoms with Crippen LogP contribution in [-0.4, -0.2) is 21.6 Å². The molecule has 1 aromatic carbocycles. The lowest BCUT2D eigenvalue weighted by Crippen LogP contribution is -2.14. The summed E-state index contributed by atoms with van der Waals surface area (Å²) < 4.78 is 0. The first-order chi connectivity index (χ1) is 10.9. The van der Waals surface area contributed by atoms with Gasteiger partial charge in [0, 0.05) is 10.7 Å². The van der Waals surface area contributed by atoms with Crippen LogP contribution >= 0.6 is 23.4 Å². The van der Waals surface area contributed by atoms with Crippen molar-refractivity contribution in [1.82, 2.24) is 9.97 Å². The van der Waals surface area contributed by atoms with E-state index in [0.717, 1.165) is 5.56 Å². The number of aromatic nitrogens is 2. The predicted octanol–water partition coefficient (Wildman–Crippen LogP) is 3.66. The summed E-state index contributed by atoms with van der Waals surface area (Å²) in [4.78, 5) is 20.4. The second kappa shape index (κ2) is 7.44. The average molecular weight is 347 g/mol. The fraction of sp³-hybridized carbons (Fsp3) is 0.250. The molecule has 0 saturated carbocycles. The van der Waals surface area contributed by atoms with Crippen LogP contribution in [0.25, 0.3) is 0 Å². The van der Waals surface area contributed by atoms with Crippen LogP contribution in [0.5, 0.6) is 0 Å². The fourth-order valence-corrected chi connectivity index (χ4v) is 2.97. The number of halogens is 1. The van der Waals surface area contributed by atoms with Gasteiger partial charge in [0.15, 0.2) is 0 Å². The van der Waals surface area contributed by atoms with Gasteiger partial charge in [0.25, 0.3) is 0 Å². The standard InChI is InChI=1S/C16H15ClN4OS/c1-9-4-5-12(6-14(9)17)21-15(22)8-23-16-13(7-18)10(2)19-11(3)20-16/h4-6H,8H2,1-3H3,(H,21,22). The second-order valence-corrected chi connectivity index (χ2v) is 6.32. The molecular weight excluding hydrogens is 332 g/mol. The summed E-state index contributed by atoms with van der Waals surface area (Å²) in [6.07, 6.45) is 0. The van der Waals surface area contributed by atoms with Gasteiger partial charge in [-0.05, 0) is 38.5 Å². The van der Waals surface area contributed by atoms with E-state index in [1.807, 2.05) is 13.0 Å². The summed E-state index contributed by atoms with van der Waals surface area (Å²) in [6.45, 7) is 5.41. The molecule has 7 heteroatoms. The zero-order valence-electron chi connectivity index (χ0n) is 13.0. The number of nitrogens with one attached hydrogen (secondary N) is 1. The molecule has 2 rings (SSSR count). The normalized spacial score (nSPS) is 10.2. The van der Waals surface area contributed by atoms with Crippen molar-refractivity contribution in [3.05, 3.63) is 45.9 Å². The molecule has 0 atom stereocenters. The number of aryl methyl sites for hydroxylation is 3. The zero-order valence-corrected chi connectivity index (χ0v) is 14.5. The second-order valence-electron chi connectivity index (χ2n) is 4.95. The van der Waals surface area contributed by atoms with Crippen molar-refractivity contribution in [3.63, 3.8) is 0 Å². The third-order valence-electron chi connectivity index (χ3n) is 3.08. The quantitative estimate of drug-likeness (QED) is 0.675. The van der Waals surface area contributed by atoms with Crippen LogP contribution in [0, 0.1) is 32.1 Å². The smallest absolute Gasteiger partial charge is 0.234 e. The largest absolute Gasteiger partial charge is 0.325 e. The maximum absolute atomic E-state index is 12.1. The highest BCUT2D eigenvalue weighted by molar-refractivity contribution is 8.00. The summed E-state index contributed by atoms with van der Waals surface area (Å²) in [6, 6.07) is 7.43. The zero-order chi connectivity index (χ0) is 17.0. The molecule has 0 bridgehead atoms. The Morgan fingerprint density at radius 1 is 1.35 bits per heavy atom. The molecule has 0 aliphatic carbocycles. The highest BCUT2D eigenvalue weighted by Gasteiger charge is 2.12. The van der Waals surface area contributed by atoms with Gasteiger partial charge in [-0.3, -0.25) is 4.79 Å². The number of carbonyl (C=O) groups is 1. The van der Waals surface area contributed by atoms with Crippen LogP contribution in [-0.2, 0) is 4.79 Å². The number of rotatable bonds is 4. The third-order valence-corrected chi connectivity index (χ3v) is 4.46. The Labute approximate surface area is 144 Å². The molecule has 0 saturated heterocycles. The number of anilines is 1. The van der Waals surface area contributed by atoms with Crippen molar-refractivity contribution in [2.24, 2.45) is 0 Å². The molecule has 0 aliphatic heterocycles. The summed E-state index contributed by atoms with van der Waals surface area (Å²) in [5.74, 6) is 0.540. The molecule has 5 nitrogen and oxygen atoms in total. The van der Waals surface area contributed by atoms with Crippen molar-refractivity contribution in [2.45, 2.75) is 25.8 Å². The molecule has 118 valence electrons. The van der Waals surface area contributed by atoms with E-state index in [9.17, 15) is 10.1 Å². The molecule has 1 heterocycles. The minimum absolute atomic E-state index is 0.149. The van der Waals surface area contributed by atoms with Gasteiger partial charge in [-0.25, -0.2) is 9.97 Å². The number of benzene rings is 1. The number of carbonyl (C=O) groups excluding carboxylic acids is 1. The molecule has 1 N–H and O–H groups in total. The lowest BCUT2D eigenvalue weighted by Gasteiger charge is -2.08. The van der Waals surface area contributed by atoms with E-state index in [-0.39, 0.29) is 11.7 Å². The van der Waals surface area contributed by atoms with Gasteiger partial charge in [0.1, 0.15) is 22.5 Å². The highest BCUT2D eigenvalue weighted by atomic mass is 35.5. The van der Waals surface area contributed by atoms with E-state index in [0.29, 0.717) is 32.8 Å². The number of hydrogen-bond donors (Lipinski definition) is 1. The predicted molar refractivity (Wildman–Crippen MR) is 91.8 cm³/mol. The minimum Gasteiger partial charge on any atom is -0.325 e. The Kier molecular flexibility index (Phi) is 5.59. The molecular formula is C16H15ClN4OS. The fourth-order valence-electron chi connectivity index (χ4n) is 1.92. The molecule has 1 amide bonds. The number of hydrogen-bond acceptors (Lipinski definition) is 5. The number of amides is 1. The highest BCUT2D eigenvalue weighted by Crippen LogP contribution is 2.23. The van der Waals surface area contributed by atoms with Crippen molar-refractivity contribution < 1.29 is 4.79 Å². The molecule has 0 radical (unpaired) electrons. The van der Waals surface area contributed by atoms with Crippen LogP contribution in [0.2, 0.25) is 5.02 Å². The molecule has 0 spiro atoms. The van der Waals surface area contributed by atoms with Crippen LogP contribution in [0.4, 0.5) is 5.69 Å². The van der Waals surface area contributed by atoms with Gasteiger partial charge in [-0.15, -0.1) is 0 Å². The van der Waals surface area contributed by atoms with Gasteiger partial charge in [0.2, 0.25) is 5.91 Å². The topological polar surface area (TPSA) is 78.7 Å². The van der Waals surface area contributed by atoms with Gasteiger partial charge >= 0.3 is 0 Å². The molecule has 0 fully saturated rings. The maximum Gasteiger partial charge on any atom is 0.234 e. The Balaban J connectivity index is 2.05. The van der Waals surface area contributed by atoms with E-state index in [4.69, 9.17) is 11.6 Å². The summed E-state index contributed by atoms with van der Waals surface area (Å²) in [5.41, 5.74) is 2.62. The van der Waals surface area contributed by atoms with Crippen molar-refractivity contribution in [2.75, 3.05) is 11.1 Å². The molecule has 1 aromatic heterocycles. The Morgan fingerprint density at radius 2 is 2.09 bits per heavy atom. The van der Waals surface area contributed by atoms with Gasteiger partial charge in [0.05, 0.1) is 11.4 Å². The molecule has 2 aromatic rings. The van der Waals surface area contributed by atoms with E-state index in [1.165, 1.54) is 11.8 Å². The third kappa shape index (κ3) is 4.44. The number of nitriles is 1. The number of thioether (sulfide) groups is 1. The monoisotopic (exact) mass is 346 g/mol. The number of nitrogens with zero attached hydrogens (tertiary/aromatic N) is 3. The van der Waals surface area contributed by atoms with Crippen molar-refractivity contribution in [3.8, 4) is 6.07 Å². The van der Waals surface area contributed by atoms with Crippen molar-refractivity contribution in [1.29, 1.82) is 5.26 Å². The summed E-state index contributed by atoms with van der Waals surface area (Å²) >= 11 is 7.25. The lowest BCUT2D eigenvalue weighted by molar-refractivity contribution is -0.113. The molecule has 0 unspecified atom stereocenters. The maximum atomic E-state index is 12.1. The Bertz CT molecular complexity index is 801.